The monoisotopic (exact) mass is 474 g/mol. The third-order valence-corrected chi connectivity index (χ3v) is 6.01. The molecule has 0 fully saturated rings. The second-order valence-corrected chi connectivity index (χ2v) is 8.78. The van der Waals surface area contributed by atoms with Crippen LogP contribution in [0.15, 0.2) is 18.2 Å². The predicted octanol–water partition coefficient (Wildman–Crippen LogP) is 6.46. The van der Waals surface area contributed by atoms with Crippen molar-refractivity contribution >= 4 is 5.97 Å². The molecule has 0 aliphatic carbocycles. The summed E-state index contributed by atoms with van der Waals surface area (Å²) in [6.45, 7) is 4.27. The van der Waals surface area contributed by atoms with Crippen molar-refractivity contribution in [3.05, 3.63) is 34.9 Å². The Morgan fingerprint density at radius 1 is 0.647 bits per heavy atom. The van der Waals surface area contributed by atoms with E-state index in [0.29, 0.717) is 24.0 Å². The number of hydrogen-bond donors (Lipinski definition) is 5. The maximum absolute atomic E-state index is 12.7. The van der Waals surface area contributed by atoms with Crippen molar-refractivity contribution in [2.45, 2.75) is 90.9 Å². The Labute approximate surface area is 201 Å². The van der Waals surface area contributed by atoms with Crippen LogP contribution in [0.1, 0.15) is 99.5 Å². The maximum Gasteiger partial charge on any atom is 0.343 e. The standard InChI is InChI=1S/C27H38O7/c1-3-5-7-9-10-12-13-19-21(28)17-24(20(25(19)31)14-11-8-6-4-2)34-27(33)18-15-22(29)26(32)23(30)16-18/h15-17,28-32H,3-14H2,1-2H3. The summed E-state index contributed by atoms with van der Waals surface area (Å²) in [7, 11) is 0. The maximum atomic E-state index is 12.7. The van der Waals surface area contributed by atoms with Crippen molar-refractivity contribution in [2.24, 2.45) is 0 Å². The molecule has 0 unspecified atom stereocenters. The van der Waals surface area contributed by atoms with Gasteiger partial charge in [0.1, 0.15) is 17.2 Å². The van der Waals surface area contributed by atoms with Gasteiger partial charge in [-0.05, 0) is 37.8 Å². The normalized spacial score (nSPS) is 11.0. The van der Waals surface area contributed by atoms with Crippen LogP contribution in [-0.4, -0.2) is 31.5 Å². The molecule has 7 nitrogen and oxygen atoms in total. The van der Waals surface area contributed by atoms with Crippen LogP contribution in [0.4, 0.5) is 0 Å². The highest BCUT2D eigenvalue weighted by atomic mass is 16.5. The highest BCUT2D eigenvalue weighted by molar-refractivity contribution is 5.93. The fourth-order valence-corrected chi connectivity index (χ4v) is 3.99. The molecule has 0 amide bonds. The summed E-state index contributed by atoms with van der Waals surface area (Å²) in [5, 5.41) is 50.5. The number of hydrogen-bond acceptors (Lipinski definition) is 7. The molecule has 0 bridgehead atoms. The Morgan fingerprint density at radius 3 is 1.74 bits per heavy atom. The number of phenolic OH excluding ortho intramolecular Hbond substituents is 5. The van der Waals surface area contributed by atoms with E-state index in [1.165, 1.54) is 25.3 Å². The third kappa shape index (κ3) is 7.47. The summed E-state index contributed by atoms with van der Waals surface area (Å²) in [5.74, 6) is -3.11. The first-order valence-corrected chi connectivity index (χ1v) is 12.3. The van der Waals surface area contributed by atoms with E-state index in [1.54, 1.807) is 0 Å². The number of phenols is 5. The number of benzene rings is 2. The Kier molecular flexibility index (Phi) is 10.8. The predicted molar refractivity (Wildman–Crippen MR) is 131 cm³/mol. The lowest BCUT2D eigenvalue weighted by Gasteiger charge is -2.17. The molecule has 7 heteroatoms. The van der Waals surface area contributed by atoms with Crippen LogP contribution in [0, 0.1) is 0 Å². The molecule has 0 heterocycles. The average Bonchev–Trinajstić information content (AvgIpc) is 2.80. The van der Waals surface area contributed by atoms with Crippen LogP contribution < -0.4 is 4.74 Å². The molecule has 5 N–H and O–H groups in total. The molecule has 34 heavy (non-hydrogen) atoms. The van der Waals surface area contributed by atoms with Crippen LogP contribution in [0.3, 0.4) is 0 Å². The number of unbranched alkanes of at least 4 members (excludes halogenated alkanes) is 8. The minimum Gasteiger partial charge on any atom is -0.507 e. The lowest BCUT2D eigenvalue weighted by molar-refractivity contribution is 0.0731. The van der Waals surface area contributed by atoms with Crippen LogP contribution in [0.5, 0.6) is 34.5 Å². The van der Waals surface area contributed by atoms with E-state index >= 15 is 0 Å². The number of aromatic hydroxyl groups is 5. The highest BCUT2D eigenvalue weighted by Gasteiger charge is 2.22. The molecule has 0 saturated heterocycles. The van der Waals surface area contributed by atoms with Crippen LogP contribution >= 0.6 is 0 Å². The Morgan fingerprint density at radius 2 is 1.15 bits per heavy atom. The first kappa shape index (κ1) is 27.2. The van der Waals surface area contributed by atoms with Gasteiger partial charge >= 0.3 is 5.97 Å². The zero-order valence-electron chi connectivity index (χ0n) is 20.3. The fraction of sp³-hybridized carbons (Fsp3) is 0.519. The smallest absolute Gasteiger partial charge is 0.343 e. The van der Waals surface area contributed by atoms with Gasteiger partial charge in [0, 0.05) is 17.2 Å². The Balaban J connectivity index is 2.25. The van der Waals surface area contributed by atoms with E-state index in [1.807, 2.05) is 0 Å². The second kappa shape index (κ2) is 13.6. The minimum atomic E-state index is -0.900. The number of carbonyl (C=O) groups excluding carboxylic acids is 1. The average molecular weight is 475 g/mol. The zero-order chi connectivity index (χ0) is 25.1. The Hall–Kier alpha value is -3.09. The van der Waals surface area contributed by atoms with Crippen LogP contribution in [0.25, 0.3) is 0 Å². The first-order valence-electron chi connectivity index (χ1n) is 12.3. The molecule has 0 aliphatic heterocycles. The van der Waals surface area contributed by atoms with Crippen molar-refractivity contribution in [2.75, 3.05) is 0 Å². The molecule has 0 atom stereocenters. The van der Waals surface area contributed by atoms with Crippen molar-refractivity contribution in [1.29, 1.82) is 0 Å². The SMILES string of the molecule is CCCCCCCCc1c(O)cc(OC(=O)c2cc(O)c(O)c(O)c2)c(CCCCCC)c1O. The van der Waals surface area contributed by atoms with Crippen LogP contribution in [-0.2, 0) is 12.8 Å². The van der Waals surface area contributed by atoms with Gasteiger partial charge in [-0.3, -0.25) is 0 Å². The van der Waals surface area contributed by atoms with Crippen molar-refractivity contribution < 1.29 is 35.1 Å². The van der Waals surface area contributed by atoms with E-state index in [2.05, 4.69) is 13.8 Å². The molecular formula is C27H38O7. The molecule has 0 spiro atoms. The topological polar surface area (TPSA) is 127 Å². The first-order chi connectivity index (χ1) is 16.3. The molecule has 0 aliphatic rings. The third-order valence-electron chi connectivity index (χ3n) is 6.01. The van der Waals surface area contributed by atoms with E-state index in [9.17, 15) is 30.3 Å². The molecule has 2 aromatic carbocycles. The van der Waals surface area contributed by atoms with Gasteiger partial charge in [0.2, 0.25) is 0 Å². The molecule has 2 aromatic rings. The summed E-state index contributed by atoms with van der Waals surface area (Å²) in [4.78, 5) is 12.7. The molecule has 0 aromatic heterocycles. The summed E-state index contributed by atoms with van der Waals surface area (Å²) >= 11 is 0. The van der Waals surface area contributed by atoms with Crippen molar-refractivity contribution in [3.63, 3.8) is 0 Å². The highest BCUT2D eigenvalue weighted by Crippen LogP contribution is 2.41. The quantitative estimate of drug-likeness (QED) is 0.0920. The van der Waals surface area contributed by atoms with E-state index in [-0.39, 0.29) is 22.8 Å². The molecule has 0 saturated carbocycles. The molecule has 188 valence electrons. The van der Waals surface area contributed by atoms with Gasteiger partial charge in [-0.25, -0.2) is 4.79 Å². The largest absolute Gasteiger partial charge is 0.507 e. The van der Waals surface area contributed by atoms with Gasteiger partial charge in [0.05, 0.1) is 5.56 Å². The van der Waals surface area contributed by atoms with Gasteiger partial charge in [0.15, 0.2) is 17.2 Å². The second-order valence-electron chi connectivity index (χ2n) is 8.78. The van der Waals surface area contributed by atoms with Gasteiger partial charge in [-0.1, -0.05) is 65.2 Å². The number of carbonyl (C=O) groups is 1. The fourth-order valence-electron chi connectivity index (χ4n) is 3.99. The van der Waals surface area contributed by atoms with Gasteiger partial charge in [-0.15, -0.1) is 0 Å². The molecule has 0 radical (unpaired) electrons. The van der Waals surface area contributed by atoms with Gasteiger partial charge < -0.3 is 30.3 Å². The summed E-state index contributed by atoms with van der Waals surface area (Å²) < 4.78 is 5.46. The zero-order valence-corrected chi connectivity index (χ0v) is 20.3. The van der Waals surface area contributed by atoms with Gasteiger partial charge in [0.25, 0.3) is 0 Å². The summed E-state index contributed by atoms with van der Waals surface area (Å²) in [6.07, 6.45) is 11.4. The van der Waals surface area contributed by atoms with Crippen molar-refractivity contribution in [1.82, 2.24) is 0 Å². The number of esters is 1. The summed E-state index contributed by atoms with van der Waals surface area (Å²) in [5.41, 5.74) is 0.732. The molecule has 2 rings (SSSR count). The number of ether oxygens (including phenoxy) is 1. The van der Waals surface area contributed by atoms with E-state index < -0.39 is 23.2 Å². The van der Waals surface area contributed by atoms with Gasteiger partial charge in [-0.2, -0.15) is 0 Å². The minimum absolute atomic E-state index is 0.0373. The summed E-state index contributed by atoms with van der Waals surface area (Å²) in [6, 6.07) is 3.30. The molecular weight excluding hydrogens is 436 g/mol. The van der Waals surface area contributed by atoms with Crippen LogP contribution in [0.2, 0.25) is 0 Å². The van der Waals surface area contributed by atoms with E-state index in [4.69, 9.17) is 4.74 Å². The number of rotatable bonds is 14. The van der Waals surface area contributed by atoms with E-state index in [0.717, 1.165) is 57.1 Å². The lowest BCUT2D eigenvalue weighted by Crippen LogP contribution is -2.10. The van der Waals surface area contributed by atoms with Crippen molar-refractivity contribution in [3.8, 4) is 34.5 Å². The Bertz CT molecular complexity index is 929. The lowest BCUT2D eigenvalue weighted by atomic mass is 9.97.